The van der Waals surface area contributed by atoms with Gasteiger partial charge in [-0.15, -0.1) is 0 Å². The number of furan rings is 5. The molecular weight excluding hydrogens is 1580 g/mol. The number of phosphoric ester groups is 1. The molecule has 0 unspecified atom stereocenters. The lowest BCUT2D eigenvalue weighted by atomic mass is 10.1. The summed E-state index contributed by atoms with van der Waals surface area (Å²) in [6, 6.07) is 24.0. The van der Waals surface area contributed by atoms with Crippen LogP contribution in [-0.2, 0) is 103 Å². The second kappa shape index (κ2) is 60.6. The van der Waals surface area contributed by atoms with E-state index in [-0.39, 0.29) is 54.1 Å². The van der Waals surface area contributed by atoms with E-state index in [1.165, 1.54) is 18.6 Å². The number of aldehydes is 1. The lowest BCUT2D eigenvalue weighted by molar-refractivity contribution is -0.140. The number of carbonyl (C=O) groups excluding carboxylic acids is 5. The SMILES string of the molecule is BrCCC1OCCO1.CCOC(=O)C(=Cc1ccco1)CC1OCCO1.CCOC(=O)C(=Cc1ccco1)CC1OCCO1.CCOC(=O)OCC.CCOC(=O)c1ccc2ccoc2c1.CCOP(=O)(CCC1OCCO1)OCC.CCOP(=O)(OCC)OCC.O=C(O)c1ccc2ccoc2c1.O=Cc1ccco1.[OH-]. The molecule has 112 heavy (non-hydrogen) atoms. The van der Waals surface area contributed by atoms with Crippen LogP contribution in [0.3, 0.4) is 0 Å². The highest BCUT2D eigenvalue weighted by Crippen LogP contribution is 2.49. The van der Waals surface area contributed by atoms with E-state index in [2.05, 4.69) is 29.8 Å². The van der Waals surface area contributed by atoms with Gasteiger partial charge in [-0.05, 0) is 154 Å². The smallest absolute Gasteiger partial charge is 0.508 e. The number of esters is 3. The van der Waals surface area contributed by atoms with Crippen molar-refractivity contribution in [3.05, 3.63) is 156 Å². The number of phosphoric acid groups is 1. The number of alkyl halides is 1. The van der Waals surface area contributed by atoms with Gasteiger partial charge in [0.2, 0.25) is 0 Å². The first-order valence-corrected chi connectivity index (χ1v) is 40.4. The van der Waals surface area contributed by atoms with Crippen LogP contribution in [0, 0.1) is 0 Å². The zero-order chi connectivity index (χ0) is 81.3. The Morgan fingerprint density at radius 2 is 0.804 bits per heavy atom. The number of aromatic carboxylic acids is 1. The predicted octanol–water partition coefficient (Wildman–Crippen LogP) is 16.2. The van der Waals surface area contributed by atoms with Crippen LogP contribution in [0.15, 0.2) is 149 Å². The number of benzene rings is 2. The highest BCUT2D eigenvalue weighted by Gasteiger charge is 2.28. The fraction of sp³-hybridized carbons (Fsp3) is 0.500. The van der Waals surface area contributed by atoms with E-state index >= 15 is 0 Å². The Morgan fingerprint density at radius 1 is 0.438 bits per heavy atom. The van der Waals surface area contributed by atoms with Gasteiger partial charge < -0.3 is 103 Å². The van der Waals surface area contributed by atoms with Crippen molar-refractivity contribution >= 4 is 102 Å². The second-order valence-electron chi connectivity index (χ2n) is 21.7. The Hall–Kier alpha value is -7.96. The van der Waals surface area contributed by atoms with E-state index in [0.717, 1.165) is 35.7 Å². The van der Waals surface area contributed by atoms with Crippen molar-refractivity contribution in [2.75, 3.05) is 130 Å². The molecule has 0 aliphatic carbocycles. The third-order valence-corrected chi connectivity index (χ3v) is 18.0. The van der Waals surface area contributed by atoms with E-state index in [1.54, 1.807) is 167 Å². The van der Waals surface area contributed by atoms with Crippen molar-refractivity contribution in [2.45, 2.75) is 120 Å². The quantitative estimate of drug-likeness (QED) is 0.0105. The third kappa shape index (κ3) is 42.2. The highest BCUT2D eigenvalue weighted by molar-refractivity contribution is 9.09. The van der Waals surface area contributed by atoms with Gasteiger partial charge in [-0.2, -0.15) is 0 Å². The molecule has 4 aliphatic rings. The molecule has 626 valence electrons. The number of halogens is 1. The molecule has 4 fully saturated rings. The molecule has 2 N–H and O–H groups in total. The summed E-state index contributed by atoms with van der Waals surface area (Å²) >= 11 is 3.30. The molecule has 9 heterocycles. The largest absolute Gasteiger partial charge is 0.870 e. The van der Waals surface area contributed by atoms with E-state index in [4.69, 9.17) is 97.5 Å². The lowest BCUT2D eigenvalue weighted by Gasteiger charge is -2.18. The number of rotatable bonds is 31. The van der Waals surface area contributed by atoms with Gasteiger partial charge in [-0.3, -0.25) is 22.9 Å². The van der Waals surface area contributed by atoms with Crippen molar-refractivity contribution in [3.8, 4) is 0 Å². The number of fused-ring (bicyclic) bond motifs is 2. The standard InChI is InChI=1S/2C13H16O5.C11H10O3.C9H19O5P.C9H6O3.C6H15O4P.C5H9BrO2.C5H10O3.C5H4O2.H2O/c2*1-2-15-13(14)10(8-11-4-3-5-16-11)9-12-17-6-7-18-12;1-2-13-11(12)9-4-3-8-5-6-14-10(8)7-9;1-3-13-15(10,14-4-2)8-5-9-11-6-7-12-9;10-9(11)7-2-1-6-3-4-12-8(6)5-7;1-4-8-11(7,9-5-2)10-6-3;6-2-1-5-7-3-4-8-5;1-3-7-5(6)8-4-2;6-4-5-2-1-3-7-5;/h2*3-5,8,12H,2,6-7,9H2,1H3;3-7H,2H2,1H3;9H,3-8H2,1-2H3;1-5H,(H,10,11);4-6H2,1-3H3;5H,1-4H2;3-4H2,1-2H3;1-4H;1H2/p-1. The molecular formula is C76H106BrO33P2-. The summed E-state index contributed by atoms with van der Waals surface area (Å²) < 4.78 is 139. The van der Waals surface area contributed by atoms with E-state index in [1.807, 2.05) is 12.1 Å². The molecule has 0 radical (unpaired) electrons. The van der Waals surface area contributed by atoms with Gasteiger partial charge in [-0.1, -0.05) is 28.1 Å². The molecule has 0 spiro atoms. The number of carboxylic acid groups (broad SMARTS) is 1. The van der Waals surface area contributed by atoms with E-state index in [9.17, 15) is 37.9 Å². The van der Waals surface area contributed by atoms with Gasteiger partial charge in [0.1, 0.15) is 22.7 Å². The van der Waals surface area contributed by atoms with Crippen LogP contribution >= 0.6 is 31.3 Å². The van der Waals surface area contributed by atoms with Gasteiger partial charge in [0, 0.05) is 52.9 Å². The first-order valence-electron chi connectivity index (χ1n) is 36.1. The maximum Gasteiger partial charge on any atom is 0.508 e. The van der Waals surface area contributed by atoms with Gasteiger partial charge in [0.05, 0.1) is 168 Å². The molecule has 0 amide bonds. The average Bonchev–Trinajstić information content (AvgIpc) is 1.67. The van der Waals surface area contributed by atoms with Crippen LogP contribution in [0.2, 0.25) is 0 Å². The highest BCUT2D eigenvalue weighted by atomic mass is 79.9. The zero-order valence-corrected chi connectivity index (χ0v) is 68.2. The van der Waals surface area contributed by atoms with E-state index in [0.29, 0.717) is 183 Å². The summed E-state index contributed by atoms with van der Waals surface area (Å²) in [5.74, 6) is -0.396. The monoisotopic (exact) mass is 1690 g/mol. The van der Waals surface area contributed by atoms with Crippen LogP contribution in [-0.4, -0.2) is 202 Å². The predicted molar refractivity (Wildman–Crippen MR) is 410 cm³/mol. The van der Waals surface area contributed by atoms with Gasteiger partial charge >= 0.3 is 45.5 Å². The molecule has 4 saturated heterocycles. The third-order valence-electron chi connectivity index (χ3n) is 13.7. The Labute approximate surface area is 659 Å². The summed E-state index contributed by atoms with van der Waals surface area (Å²) in [5.41, 5.74) is 3.05. The Morgan fingerprint density at radius 3 is 1.14 bits per heavy atom. The molecule has 0 bridgehead atoms. The maximum atomic E-state index is 12.0. The first-order chi connectivity index (χ1) is 53.7. The van der Waals surface area contributed by atoms with Crippen LogP contribution in [0.1, 0.15) is 138 Å². The van der Waals surface area contributed by atoms with E-state index < -0.39 is 27.5 Å². The molecule has 5 aromatic heterocycles. The van der Waals surface area contributed by atoms with Crippen LogP contribution < -0.4 is 0 Å². The number of carbonyl (C=O) groups is 6. The van der Waals surface area contributed by atoms with Gasteiger partial charge in [0.25, 0.3) is 0 Å². The zero-order valence-electron chi connectivity index (χ0n) is 64.8. The summed E-state index contributed by atoms with van der Waals surface area (Å²) in [6.07, 6.45) is 12.7. The molecule has 0 saturated carbocycles. The van der Waals surface area contributed by atoms with Crippen molar-refractivity contribution in [1.29, 1.82) is 0 Å². The number of ether oxygens (including phenoxy) is 13. The fourth-order valence-electron chi connectivity index (χ4n) is 9.02. The van der Waals surface area contributed by atoms with Gasteiger partial charge in [0.15, 0.2) is 37.2 Å². The minimum absolute atomic E-state index is 0. The summed E-state index contributed by atoms with van der Waals surface area (Å²) in [7, 11) is -6.15. The summed E-state index contributed by atoms with van der Waals surface area (Å²) in [5, 5.41) is 11.5. The van der Waals surface area contributed by atoms with Gasteiger partial charge in [-0.25, -0.2) is 28.5 Å². The van der Waals surface area contributed by atoms with Crippen LogP contribution in [0.5, 0.6) is 0 Å². The maximum absolute atomic E-state index is 12.0. The van der Waals surface area contributed by atoms with Crippen molar-refractivity contribution in [3.63, 3.8) is 0 Å². The summed E-state index contributed by atoms with van der Waals surface area (Å²) in [6.45, 7) is 26.2. The van der Waals surface area contributed by atoms with Crippen LogP contribution in [0.25, 0.3) is 34.1 Å². The molecule has 2 aromatic carbocycles. The minimum atomic E-state index is -3.22. The minimum Gasteiger partial charge on any atom is -0.870 e. The Kier molecular flexibility index (Phi) is 54.2. The van der Waals surface area contributed by atoms with Crippen molar-refractivity contribution in [1.82, 2.24) is 0 Å². The molecule has 0 atom stereocenters. The summed E-state index contributed by atoms with van der Waals surface area (Å²) in [4.78, 5) is 65.5. The molecule has 36 heteroatoms. The number of hydrogen-bond donors (Lipinski definition) is 1. The van der Waals surface area contributed by atoms with Crippen LogP contribution in [0.4, 0.5) is 4.79 Å². The normalized spacial score (nSPS) is 14.2. The molecule has 33 nitrogen and oxygen atoms in total. The topological polar surface area (TPSA) is 419 Å². The number of carboxylic acids is 1. The number of hydrogen-bond acceptors (Lipinski definition) is 32. The first kappa shape index (κ1) is 100. The molecule has 7 aromatic rings. The lowest BCUT2D eigenvalue weighted by Crippen LogP contribution is -2.15. The molecule has 11 rings (SSSR count). The Balaban J connectivity index is 0.000000434. The molecule has 4 aliphatic heterocycles. The van der Waals surface area contributed by atoms with Crippen molar-refractivity contribution < 1.29 is 155 Å². The van der Waals surface area contributed by atoms with Crippen molar-refractivity contribution in [2.24, 2.45) is 0 Å². The second-order valence-corrected chi connectivity index (χ2v) is 26.3. The fourth-order valence-corrected chi connectivity index (χ4v) is 12.2. The average molecular weight is 1690 g/mol. The Bertz CT molecular complexity index is 3650.